The van der Waals surface area contributed by atoms with Crippen molar-refractivity contribution in [2.24, 2.45) is 5.92 Å². The van der Waals surface area contributed by atoms with E-state index in [1.807, 2.05) is 0 Å². The van der Waals surface area contributed by atoms with E-state index in [2.05, 4.69) is 18.9 Å². The minimum Gasteiger partial charge on any atom is -0.366 e. The van der Waals surface area contributed by atoms with Crippen molar-refractivity contribution in [2.75, 3.05) is 20.7 Å². The average Bonchev–Trinajstić information content (AvgIpc) is 1.97. The van der Waals surface area contributed by atoms with Crippen LogP contribution in [-0.4, -0.2) is 37.2 Å². The van der Waals surface area contributed by atoms with Crippen LogP contribution in [0.25, 0.3) is 0 Å². The van der Waals surface area contributed by atoms with Gasteiger partial charge in [-0.3, -0.25) is 4.90 Å². The minimum absolute atomic E-state index is 0.216. The molecule has 0 aromatic heterocycles. The summed E-state index contributed by atoms with van der Waals surface area (Å²) in [6.07, 6.45) is 1.16. The third-order valence-corrected chi connectivity index (χ3v) is 2.99. The highest BCUT2D eigenvalue weighted by molar-refractivity contribution is 6.20. The van der Waals surface area contributed by atoms with Crippen LogP contribution >= 0.6 is 11.6 Å². The number of piperidine rings is 1. The Labute approximate surface area is 73.5 Å². The van der Waals surface area contributed by atoms with Gasteiger partial charge < -0.3 is 4.74 Å². The number of halogens is 1. The maximum Gasteiger partial charge on any atom is 0.111 e. The van der Waals surface area contributed by atoms with Gasteiger partial charge in [0.15, 0.2) is 0 Å². The number of methoxy groups -OCH3 is 1. The van der Waals surface area contributed by atoms with Crippen LogP contribution in [0.3, 0.4) is 0 Å². The van der Waals surface area contributed by atoms with E-state index < -0.39 is 0 Å². The van der Waals surface area contributed by atoms with Crippen molar-refractivity contribution >= 4 is 11.6 Å². The van der Waals surface area contributed by atoms with Crippen molar-refractivity contribution in [3.8, 4) is 0 Å². The molecule has 1 saturated heterocycles. The molecule has 1 heterocycles. The Morgan fingerprint density at radius 2 is 2.18 bits per heavy atom. The molecule has 2 nitrogen and oxygen atoms in total. The van der Waals surface area contributed by atoms with Crippen molar-refractivity contribution < 1.29 is 4.74 Å². The summed E-state index contributed by atoms with van der Waals surface area (Å²) in [7, 11) is 3.81. The van der Waals surface area contributed by atoms with Crippen molar-refractivity contribution in [1.29, 1.82) is 0 Å². The molecule has 1 fully saturated rings. The Kier molecular flexibility index (Phi) is 3.16. The zero-order valence-corrected chi connectivity index (χ0v) is 8.14. The average molecular weight is 178 g/mol. The zero-order chi connectivity index (χ0) is 8.43. The van der Waals surface area contributed by atoms with Crippen molar-refractivity contribution in [3.05, 3.63) is 0 Å². The van der Waals surface area contributed by atoms with Crippen LogP contribution in [0.15, 0.2) is 0 Å². The van der Waals surface area contributed by atoms with Gasteiger partial charge >= 0.3 is 0 Å². The fraction of sp³-hybridized carbons (Fsp3) is 1.00. The van der Waals surface area contributed by atoms with E-state index in [1.54, 1.807) is 7.11 Å². The molecule has 0 aromatic rings. The molecular weight excluding hydrogens is 162 g/mol. The lowest BCUT2D eigenvalue weighted by Crippen LogP contribution is -2.45. The van der Waals surface area contributed by atoms with Crippen LogP contribution in [0.1, 0.15) is 13.3 Å². The number of rotatable bonds is 1. The highest BCUT2D eigenvalue weighted by Crippen LogP contribution is 2.25. The van der Waals surface area contributed by atoms with Gasteiger partial charge in [-0.2, -0.15) is 0 Å². The Bertz CT molecular complexity index is 131. The molecule has 3 atom stereocenters. The van der Waals surface area contributed by atoms with E-state index in [0.717, 1.165) is 13.0 Å². The molecule has 0 amide bonds. The van der Waals surface area contributed by atoms with Gasteiger partial charge in [-0.15, -0.1) is 11.6 Å². The van der Waals surface area contributed by atoms with Gasteiger partial charge in [-0.05, 0) is 13.0 Å². The fourth-order valence-electron chi connectivity index (χ4n) is 1.57. The van der Waals surface area contributed by atoms with E-state index in [0.29, 0.717) is 5.92 Å². The molecule has 1 aliphatic heterocycles. The summed E-state index contributed by atoms with van der Waals surface area (Å²) in [6, 6.07) is 0. The predicted octanol–water partition coefficient (Wildman–Crippen LogP) is 1.54. The maximum absolute atomic E-state index is 6.10. The summed E-state index contributed by atoms with van der Waals surface area (Å²) in [4.78, 5) is 2.21. The van der Waals surface area contributed by atoms with Crippen molar-refractivity contribution in [3.63, 3.8) is 0 Å². The highest BCUT2D eigenvalue weighted by atomic mass is 35.5. The maximum atomic E-state index is 6.10. The Balaban J connectivity index is 2.48. The molecule has 0 aliphatic carbocycles. The summed E-state index contributed by atoms with van der Waals surface area (Å²) in [5.41, 5.74) is 0. The quantitative estimate of drug-likeness (QED) is 0.564. The number of likely N-dealkylation sites (tertiary alicyclic amines) is 1. The lowest BCUT2D eigenvalue weighted by atomic mass is 9.99. The first-order valence-corrected chi connectivity index (χ1v) is 4.46. The molecular formula is C8H16ClNO. The molecule has 0 bridgehead atoms. The molecule has 3 heteroatoms. The Morgan fingerprint density at radius 1 is 1.55 bits per heavy atom. The predicted molar refractivity (Wildman–Crippen MR) is 46.8 cm³/mol. The second-order valence-electron chi connectivity index (χ2n) is 3.36. The molecule has 0 saturated carbocycles. The smallest absolute Gasteiger partial charge is 0.111 e. The normalized spacial score (nSPS) is 40.9. The summed E-state index contributed by atoms with van der Waals surface area (Å²) < 4.78 is 5.26. The molecule has 0 aromatic carbocycles. The minimum atomic E-state index is 0.216. The van der Waals surface area contributed by atoms with Gasteiger partial charge in [0, 0.05) is 25.5 Å². The zero-order valence-electron chi connectivity index (χ0n) is 7.38. The third kappa shape index (κ3) is 2.08. The van der Waals surface area contributed by atoms with Gasteiger partial charge in [-0.25, -0.2) is 0 Å². The highest BCUT2D eigenvalue weighted by Gasteiger charge is 2.29. The summed E-state index contributed by atoms with van der Waals surface area (Å²) in [6.45, 7) is 3.22. The van der Waals surface area contributed by atoms with Crippen LogP contribution in [0.4, 0.5) is 0 Å². The molecule has 0 radical (unpaired) electrons. The van der Waals surface area contributed by atoms with Gasteiger partial charge in [0.1, 0.15) is 6.23 Å². The summed E-state index contributed by atoms with van der Waals surface area (Å²) >= 11 is 6.10. The molecule has 0 N–H and O–H groups in total. The molecule has 3 unspecified atom stereocenters. The second kappa shape index (κ2) is 3.74. The fourth-order valence-corrected chi connectivity index (χ4v) is 1.80. The number of alkyl halides is 1. The number of ether oxygens (including phenoxy) is 1. The number of hydrogen-bond donors (Lipinski definition) is 0. The molecule has 1 aliphatic rings. The van der Waals surface area contributed by atoms with Gasteiger partial charge in [0.05, 0.1) is 0 Å². The van der Waals surface area contributed by atoms with E-state index in [9.17, 15) is 0 Å². The number of nitrogens with zero attached hydrogens (tertiary/aromatic N) is 1. The lowest BCUT2D eigenvalue weighted by Gasteiger charge is -2.37. The molecule has 1 rings (SSSR count). The van der Waals surface area contributed by atoms with Crippen molar-refractivity contribution in [1.82, 2.24) is 4.90 Å². The topological polar surface area (TPSA) is 12.5 Å². The molecule has 11 heavy (non-hydrogen) atoms. The number of hydrogen-bond acceptors (Lipinski definition) is 2. The largest absolute Gasteiger partial charge is 0.366 e. The first kappa shape index (κ1) is 9.30. The lowest BCUT2D eigenvalue weighted by molar-refractivity contribution is -0.0513. The van der Waals surface area contributed by atoms with Gasteiger partial charge in [-0.1, -0.05) is 6.92 Å². The van der Waals surface area contributed by atoms with Crippen LogP contribution in [0.5, 0.6) is 0 Å². The van der Waals surface area contributed by atoms with Gasteiger partial charge in [0.2, 0.25) is 0 Å². The summed E-state index contributed by atoms with van der Waals surface area (Å²) in [5, 5.41) is 0.274. The Morgan fingerprint density at radius 3 is 2.73 bits per heavy atom. The standard InChI is InChI=1S/C8H16ClNO/c1-6-5-10(2)8(11-3)4-7(6)9/h6-8H,4-5H2,1-3H3. The SMILES string of the molecule is COC1CC(Cl)C(C)CN1C. The van der Waals surface area contributed by atoms with Crippen LogP contribution in [-0.2, 0) is 4.74 Å². The van der Waals surface area contributed by atoms with Crippen LogP contribution in [0.2, 0.25) is 0 Å². The van der Waals surface area contributed by atoms with E-state index >= 15 is 0 Å². The Hall–Kier alpha value is 0.210. The van der Waals surface area contributed by atoms with E-state index in [4.69, 9.17) is 16.3 Å². The molecule has 0 spiro atoms. The monoisotopic (exact) mass is 177 g/mol. The van der Waals surface area contributed by atoms with E-state index in [1.165, 1.54) is 0 Å². The van der Waals surface area contributed by atoms with Crippen LogP contribution < -0.4 is 0 Å². The first-order chi connectivity index (χ1) is 5.15. The molecule has 66 valence electrons. The first-order valence-electron chi connectivity index (χ1n) is 4.02. The van der Waals surface area contributed by atoms with Crippen LogP contribution in [0, 0.1) is 5.92 Å². The van der Waals surface area contributed by atoms with Gasteiger partial charge in [0.25, 0.3) is 0 Å². The van der Waals surface area contributed by atoms with Crippen molar-refractivity contribution in [2.45, 2.75) is 24.9 Å². The van der Waals surface area contributed by atoms with E-state index in [-0.39, 0.29) is 11.6 Å². The second-order valence-corrected chi connectivity index (χ2v) is 3.92. The summed E-state index contributed by atoms with van der Waals surface area (Å²) in [5.74, 6) is 0.577. The third-order valence-electron chi connectivity index (χ3n) is 2.38.